The van der Waals surface area contributed by atoms with Crippen molar-refractivity contribution in [2.75, 3.05) is 13.1 Å². The molecule has 2 rings (SSSR count). The molecular formula is C15H27N3. The molecule has 1 fully saturated rings. The van der Waals surface area contributed by atoms with E-state index in [1.807, 2.05) is 0 Å². The van der Waals surface area contributed by atoms with Crippen LogP contribution in [0.2, 0.25) is 0 Å². The monoisotopic (exact) mass is 249 g/mol. The first kappa shape index (κ1) is 13.6. The molecule has 1 aromatic rings. The molecule has 0 aromatic carbocycles. The van der Waals surface area contributed by atoms with Crippen LogP contribution in [0.4, 0.5) is 0 Å². The Morgan fingerprint density at radius 2 is 2.00 bits per heavy atom. The second kappa shape index (κ2) is 6.37. The van der Waals surface area contributed by atoms with E-state index >= 15 is 0 Å². The van der Waals surface area contributed by atoms with Crippen LogP contribution in [0.1, 0.15) is 49.6 Å². The van der Waals surface area contributed by atoms with E-state index in [0.29, 0.717) is 0 Å². The van der Waals surface area contributed by atoms with Gasteiger partial charge in [0, 0.05) is 12.2 Å². The minimum absolute atomic E-state index is 0.927. The summed E-state index contributed by atoms with van der Waals surface area (Å²) in [6.07, 6.45) is 6.81. The maximum Gasteiger partial charge on any atom is 0.0628 e. The summed E-state index contributed by atoms with van der Waals surface area (Å²) >= 11 is 0. The van der Waals surface area contributed by atoms with Gasteiger partial charge in [0.25, 0.3) is 0 Å². The lowest BCUT2D eigenvalue weighted by molar-refractivity contribution is 0.464. The fourth-order valence-corrected chi connectivity index (χ4v) is 3.17. The van der Waals surface area contributed by atoms with Crippen LogP contribution in [0.25, 0.3) is 0 Å². The highest BCUT2D eigenvalue weighted by molar-refractivity contribution is 5.24. The van der Waals surface area contributed by atoms with Crippen molar-refractivity contribution in [1.82, 2.24) is 15.1 Å². The number of hydrogen-bond donors (Lipinski definition) is 1. The molecule has 1 heterocycles. The van der Waals surface area contributed by atoms with E-state index in [0.717, 1.165) is 25.4 Å². The third-order valence-corrected chi connectivity index (χ3v) is 4.29. The fourth-order valence-electron chi connectivity index (χ4n) is 3.17. The zero-order valence-electron chi connectivity index (χ0n) is 12.1. The molecule has 0 bridgehead atoms. The summed E-state index contributed by atoms with van der Waals surface area (Å²) in [5, 5.41) is 8.22. The van der Waals surface area contributed by atoms with E-state index in [-0.39, 0.29) is 0 Å². The summed E-state index contributed by atoms with van der Waals surface area (Å²) < 4.78 is 2.16. The molecule has 3 nitrogen and oxygen atoms in total. The van der Waals surface area contributed by atoms with Gasteiger partial charge >= 0.3 is 0 Å². The molecule has 0 aliphatic heterocycles. The fraction of sp³-hybridized carbons (Fsp3) is 0.800. The molecule has 102 valence electrons. The van der Waals surface area contributed by atoms with Crippen LogP contribution in [0, 0.1) is 19.8 Å². The van der Waals surface area contributed by atoms with E-state index in [9.17, 15) is 0 Å². The first-order chi connectivity index (χ1) is 8.72. The van der Waals surface area contributed by atoms with Crippen molar-refractivity contribution >= 4 is 0 Å². The lowest BCUT2D eigenvalue weighted by atomic mass is 10.1. The first-order valence-electron chi connectivity index (χ1n) is 7.46. The Bertz CT molecular complexity index is 375. The van der Waals surface area contributed by atoms with Crippen LogP contribution in [0.15, 0.2) is 0 Å². The lowest BCUT2D eigenvalue weighted by Gasteiger charge is -2.11. The van der Waals surface area contributed by atoms with E-state index in [1.165, 1.54) is 49.2 Å². The minimum Gasteiger partial charge on any atom is -0.315 e. The van der Waals surface area contributed by atoms with Crippen LogP contribution >= 0.6 is 0 Å². The Hall–Kier alpha value is -0.830. The molecule has 1 aliphatic carbocycles. The van der Waals surface area contributed by atoms with Crippen LogP contribution < -0.4 is 5.32 Å². The van der Waals surface area contributed by atoms with E-state index in [1.54, 1.807) is 0 Å². The molecule has 1 aliphatic rings. The molecule has 1 saturated carbocycles. The highest BCUT2D eigenvalue weighted by Gasteiger charge is 2.14. The zero-order valence-corrected chi connectivity index (χ0v) is 12.1. The van der Waals surface area contributed by atoms with E-state index in [4.69, 9.17) is 0 Å². The number of hydrogen-bond acceptors (Lipinski definition) is 2. The highest BCUT2D eigenvalue weighted by atomic mass is 15.3. The molecule has 0 amide bonds. The maximum absolute atomic E-state index is 4.63. The number of aromatic nitrogens is 2. The summed E-state index contributed by atoms with van der Waals surface area (Å²) in [5.41, 5.74) is 3.97. The SMILES string of the molecule is CCc1c(C)nn(CCNCC2CCCC2)c1C. The van der Waals surface area contributed by atoms with Gasteiger partial charge in [-0.2, -0.15) is 5.10 Å². The van der Waals surface area contributed by atoms with Crippen LogP contribution in [-0.4, -0.2) is 22.9 Å². The van der Waals surface area contributed by atoms with Crippen LogP contribution in [0.3, 0.4) is 0 Å². The largest absolute Gasteiger partial charge is 0.315 e. The van der Waals surface area contributed by atoms with Gasteiger partial charge in [0.15, 0.2) is 0 Å². The average molecular weight is 249 g/mol. The topological polar surface area (TPSA) is 29.9 Å². The van der Waals surface area contributed by atoms with Crippen molar-refractivity contribution in [2.24, 2.45) is 5.92 Å². The van der Waals surface area contributed by atoms with Gasteiger partial charge in [-0.05, 0) is 51.1 Å². The van der Waals surface area contributed by atoms with Crippen molar-refractivity contribution in [3.63, 3.8) is 0 Å². The van der Waals surface area contributed by atoms with Gasteiger partial charge in [0.05, 0.1) is 12.2 Å². The number of aryl methyl sites for hydroxylation is 1. The molecular weight excluding hydrogens is 222 g/mol. The standard InChI is InChI=1S/C15H27N3/c1-4-15-12(2)17-18(13(15)3)10-9-16-11-14-7-5-6-8-14/h14,16H,4-11H2,1-3H3. The minimum atomic E-state index is 0.927. The van der Waals surface area contributed by atoms with Crippen molar-refractivity contribution in [2.45, 2.75) is 59.4 Å². The van der Waals surface area contributed by atoms with Gasteiger partial charge in [-0.3, -0.25) is 4.68 Å². The second-order valence-electron chi connectivity index (χ2n) is 5.58. The van der Waals surface area contributed by atoms with E-state index < -0.39 is 0 Å². The molecule has 0 radical (unpaired) electrons. The number of rotatable bonds is 6. The molecule has 18 heavy (non-hydrogen) atoms. The van der Waals surface area contributed by atoms with Gasteiger partial charge in [0.2, 0.25) is 0 Å². The Morgan fingerprint density at radius 3 is 2.61 bits per heavy atom. The molecule has 0 unspecified atom stereocenters. The summed E-state index contributed by atoms with van der Waals surface area (Å²) in [7, 11) is 0. The van der Waals surface area contributed by atoms with Gasteiger partial charge in [-0.1, -0.05) is 19.8 Å². The predicted molar refractivity (Wildman–Crippen MR) is 75.9 cm³/mol. The normalized spacial score (nSPS) is 16.6. The Labute approximate surface area is 111 Å². The van der Waals surface area contributed by atoms with Crippen LogP contribution in [0.5, 0.6) is 0 Å². The third kappa shape index (κ3) is 3.14. The van der Waals surface area contributed by atoms with Crippen molar-refractivity contribution < 1.29 is 0 Å². The molecule has 0 atom stereocenters. The Kier molecular flexibility index (Phi) is 4.81. The average Bonchev–Trinajstić information content (AvgIpc) is 2.94. The summed E-state index contributed by atoms with van der Waals surface area (Å²) in [6, 6.07) is 0. The van der Waals surface area contributed by atoms with Crippen molar-refractivity contribution in [3.8, 4) is 0 Å². The highest BCUT2D eigenvalue weighted by Crippen LogP contribution is 2.23. The summed E-state index contributed by atoms with van der Waals surface area (Å²) in [4.78, 5) is 0. The van der Waals surface area contributed by atoms with Crippen molar-refractivity contribution in [3.05, 3.63) is 17.0 Å². The second-order valence-corrected chi connectivity index (χ2v) is 5.58. The Balaban J connectivity index is 1.76. The third-order valence-electron chi connectivity index (χ3n) is 4.29. The lowest BCUT2D eigenvalue weighted by Crippen LogP contribution is -2.25. The van der Waals surface area contributed by atoms with Crippen molar-refractivity contribution in [1.29, 1.82) is 0 Å². The molecule has 1 N–H and O–H groups in total. The van der Waals surface area contributed by atoms with Crippen LogP contribution in [-0.2, 0) is 13.0 Å². The number of nitrogens with zero attached hydrogens (tertiary/aromatic N) is 2. The van der Waals surface area contributed by atoms with Gasteiger partial charge in [-0.15, -0.1) is 0 Å². The number of nitrogens with one attached hydrogen (secondary N) is 1. The quantitative estimate of drug-likeness (QED) is 0.786. The zero-order chi connectivity index (χ0) is 13.0. The van der Waals surface area contributed by atoms with Gasteiger partial charge in [-0.25, -0.2) is 0 Å². The van der Waals surface area contributed by atoms with Gasteiger partial charge < -0.3 is 5.32 Å². The molecule has 1 aromatic heterocycles. The summed E-state index contributed by atoms with van der Waals surface area (Å²) in [6.45, 7) is 9.75. The Morgan fingerprint density at radius 1 is 1.28 bits per heavy atom. The molecule has 0 saturated heterocycles. The van der Waals surface area contributed by atoms with E-state index in [2.05, 4.69) is 35.9 Å². The van der Waals surface area contributed by atoms with Gasteiger partial charge in [0.1, 0.15) is 0 Å². The first-order valence-corrected chi connectivity index (χ1v) is 7.46. The maximum atomic E-state index is 4.63. The smallest absolute Gasteiger partial charge is 0.0628 e. The summed E-state index contributed by atoms with van der Waals surface area (Å²) in [5.74, 6) is 0.927. The molecule has 3 heteroatoms. The predicted octanol–water partition coefficient (Wildman–Crippen LogP) is 2.84. The molecule has 0 spiro atoms.